The van der Waals surface area contributed by atoms with E-state index >= 15 is 0 Å². The van der Waals surface area contributed by atoms with Gasteiger partial charge < -0.3 is 4.74 Å². The molecule has 27 heavy (non-hydrogen) atoms. The Morgan fingerprint density at radius 1 is 1.04 bits per heavy atom. The summed E-state index contributed by atoms with van der Waals surface area (Å²) in [5.41, 5.74) is 2.89. The largest absolute Gasteiger partial charge is 0.490 e. The van der Waals surface area contributed by atoms with Crippen molar-refractivity contribution in [1.82, 2.24) is 4.31 Å². The van der Waals surface area contributed by atoms with Crippen LogP contribution < -0.4 is 4.74 Å². The zero-order valence-electron chi connectivity index (χ0n) is 15.3. The molecule has 1 aliphatic rings. The molecule has 0 atom stereocenters. The van der Waals surface area contributed by atoms with Gasteiger partial charge in [-0.1, -0.05) is 54.6 Å². The van der Waals surface area contributed by atoms with E-state index in [-0.39, 0.29) is 0 Å². The molecule has 3 rings (SSSR count). The lowest BCUT2D eigenvalue weighted by molar-refractivity contribution is 0.363. The average Bonchev–Trinajstić information content (AvgIpc) is 3.10. The van der Waals surface area contributed by atoms with Crippen LogP contribution in [0.25, 0.3) is 0 Å². The summed E-state index contributed by atoms with van der Waals surface area (Å²) in [7, 11) is -3.53. The van der Waals surface area contributed by atoms with Crippen LogP contribution in [0.1, 0.15) is 5.56 Å². The van der Waals surface area contributed by atoms with Crippen LogP contribution in [0.4, 0.5) is 0 Å². The quantitative estimate of drug-likeness (QED) is 0.725. The Hall–Kier alpha value is -2.63. The molecule has 0 fully saturated rings. The molecule has 0 saturated carbocycles. The third-order valence-electron chi connectivity index (χ3n) is 4.42. The molecule has 2 aromatic rings. The molecule has 140 valence electrons. The van der Waals surface area contributed by atoms with Crippen molar-refractivity contribution in [3.63, 3.8) is 0 Å². The van der Waals surface area contributed by atoms with Crippen LogP contribution >= 0.6 is 0 Å². The summed E-state index contributed by atoms with van der Waals surface area (Å²) in [6, 6.07) is 16.5. The fourth-order valence-corrected chi connectivity index (χ4v) is 4.27. The van der Waals surface area contributed by atoms with Crippen LogP contribution in [0.3, 0.4) is 0 Å². The zero-order valence-corrected chi connectivity index (χ0v) is 16.2. The predicted octanol–water partition coefficient (Wildman–Crippen LogP) is 4.12. The molecule has 0 N–H and O–H groups in total. The highest BCUT2D eigenvalue weighted by Crippen LogP contribution is 2.26. The van der Waals surface area contributed by atoms with Gasteiger partial charge in [0.05, 0.1) is 4.90 Å². The van der Waals surface area contributed by atoms with Crippen molar-refractivity contribution in [2.75, 3.05) is 19.7 Å². The van der Waals surface area contributed by atoms with E-state index in [9.17, 15) is 8.42 Å². The van der Waals surface area contributed by atoms with Crippen LogP contribution in [0.5, 0.6) is 5.75 Å². The Balaban J connectivity index is 1.67. The number of hydrogen-bond acceptors (Lipinski definition) is 3. The SMILES string of the molecule is C=CC1=C(/C=C/COc2ccccc2)CN(S(=O)(=O)c2ccc(C)cc2)C1. The van der Waals surface area contributed by atoms with Gasteiger partial charge in [-0.05, 0) is 48.4 Å². The van der Waals surface area contributed by atoms with Crippen LogP contribution in [0, 0.1) is 6.92 Å². The zero-order chi connectivity index (χ0) is 19.3. The van der Waals surface area contributed by atoms with Gasteiger partial charge in [-0.2, -0.15) is 4.31 Å². The summed E-state index contributed by atoms with van der Waals surface area (Å²) in [4.78, 5) is 0.314. The summed E-state index contributed by atoms with van der Waals surface area (Å²) in [6.07, 6.45) is 5.54. The normalized spacial score (nSPS) is 15.4. The second-order valence-electron chi connectivity index (χ2n) is 6.37. The Morgan fingerprint density at radius 2 is 1.70 bits per heavy atom. The molecule has 0 amide bonds. The Kier molecular flexibility index (Phi) is 5.94. The maximum atomic E-state index is 12.9. The maximum absolute atomic E-state index is 12.9. The second kappa shape index (κ2) is 8.37. The van der Waals surface area contributed by atoms with E-state index in [0.717, 1.165) is 22.5 Å². The average molecular weight is 381 g/mol. The summed E-state index contributed by atoms with van der Waals surface area (Å²) >= 11 is 0. The van der Waals surface area contributed by atoms with Gasteiger partial charge in [-0.3, -0.25) is 0 Å². The third kappa shape index (κ3) is 4.56. The van der Waals surface area contributed by atoms with Gasteiger partial charge in [0.15, 0.2) is 0 Å². The standard InChI is InChI=1S/C22H23NO3S/c1-3-19-16-23(27(24,25)22-13-11-18(2)12-14-22)17-20(19)8-7-15-26-21-9-5-4-6-10-21/h3-14H,1,15-17H2,2H3/b8-7+. The van der Waals surface area contributed by atoms with Gasteiger partial charge >= 0.3 is 0 Å². The summed E-state index contributed by atoms with van der Waals surface area (Å²) < 4.78 is 32.9. The van der Waals surface area contributed by atoms with E-state index in [0.29, 0.717) is 24.6 Å². The fourth-order valence-electron chi connectivity index (χ4n) is 2.88. The molecule has 0 bridgehead atoms. The Labute approximate surface area is 161 Å². The Bertz CT molecular complexity index is 958. The molecular formula is C22H23NO3S. The molecule has 0 radical (unpaired) electrons. The minimum Gasteiger partial charge on any atom is -0.490 e. The molecule has 2 aromatic carbocycles. The maximum Gasteiger partial charge on any atom is 0.243 e. The number of rotatable bonds is 7. The number of aryl methyl sites for hydroxylation is 1. The van der Waals surface area contributed by atoms with Gasteiger partial charge in [0.2, 0.25) is 10.0 Å². The van der Waals surface area contributed by atoms with Gasteiger partial charge in [0, 0.05) is 13.1 Å². The Morgan fingerprint density at radius 3 is 2.37 bits per heavy atom. The lowest BCUT2D eigenvalue weighted by Gasteiger charge is -2.16. The van der Waals surface area contributed by atoms with Crippen molar-refractivity contribution in [1.29, 1.82) is 0 Å². The van der Waals surface area contributed by atoms with E-state index in [1.54, 1.807) is 18.2 Å². The number of hydrogen-bond donors (Lipinski definition) is 0. The van der Waals surface area contributed by atoms with E-state index in [4.69, 9.17) is 4.74 Å². The van der Waals surface area contributed by atoms with Gasteiger partial charge in [0.25, 0.3) is 0 Å². The van der Waals surface area contributed by atoms with E-state index < -0.39 is 10.0 Å². The summed E-state index contributed by atoms with van der Waals surface area (Å²) in [6.45, 7) is 6.84. The van der Waals surface area contributed by atoms with Gasteiger partial charge in [-0.15, -0.1) is 0 Å². The number of para-hydroxylation sites is 1. The molecule has 0 saturated heterocycles. The first-order valence-corrected chi connectivity index (χ1v) is 10.2. The van der Waals surface area contributed by atoms with Crippen LogP contribution in [0.2, 0.25) is 0 Å². The van der Waals surface area contributed by atoms with Crippen molar-refractivity contribution in [2.45, 2.75) is 11.8 Å². The van der Waals surface area contributed by atoms with E-state index in [1.165, 1.54) is 4.31 Å². The van der Waals surface area contributed by atoms with Crippen LogP contribution in [-0.2, 0) is 10.0 Å². The number of ether oxygens (including phenoxy) is 1. The minimum absolute atomic E-state index is 0.314. The van der Waals surface area contributed by atoms with Crippen molar-refractivity contribution in [2.24, 2.45) is 0 Å². The molecule has 5 heteroatoms. The molecule has 1 heterocycles. The predicted molar refractivity (Wildman–Crippen MR) is 108 cm³/mol. The second-order valence-corrected chi connectivity index (χ2v) is 8.31. The highest BCUT2D eigenvalue weighted by molar-refractivity contribution is 7.89. The monoisotopic (exact) mass is 381 g/mol. The lowest BCUT2D eigenvalue weighted by Crippen LogP contribution is -2.29. The van der Waals surface area contributed by atoms with E-state index in [1.807, 2.05) is 61.5 Å². The van der Waals surface area contributed by atoms with Crippen molar-refractivity contribution >= 4 is 10.0 Å². The molecule has 4 nitrogen and oxygen atoms in total. The van der Waals surface area contributed by atoms with Crippen molar-refractivity contribution < 1.29 is 13.2 Å². The lowest BCUT2D eigenvalue weighted by atomic mass is 10.1. The molecule has 0 unspecified atom stereocenters. The summed E-state index contributed by atoms with van der Waals surface area (Å²) in [5, 5.41) is 0. The number of benzene rings is 2. The van der Waals surface area contributed by atoms with Gasteiger partial charge in [-0.25, -0.2) is 8.42 Å². The summed E-state index contributed by atoms with van der Waals surface area (Å²) in [5.74, 6) is 0.801. The minimum atomic E-state index is -3.53. The van der Waals surface area contributed by atoms with E-state index in [2.05, 4.69) is 6.58 Å². The fraction of sp³-hybridized carbons (Fsp3) is 0.182. The molecule has 1 aliphatic heterocycles. The first kappa shape index (κ1) is 19.1. The molecule has 0 aliphatic carbocycles. The highest BCUT2D eigenvalue weighted by Gasteiger charge is 2.30. The molecule has 0 spiro atoms. The molecule has 0 aromatic heterocycles. The highest BCUT2D eigenvalue weighted by atomic mass is 32.2. The number of nitrogens with zero attached hydrogens (tertiary/aromatic N) is 1. The number of sulfonamides is 1. The van der Waals surface area contributed by atoms with Crippen LogP contribution in [-0.4, -0.2) is 32.4 Å². The van der Waals surface area contributed by atoms with Gasteiger partial charge in [0.1, 0.15) is 12.4 Å². The first-order valence-electron chi connectivity index (χ1n) is 8.76. The smallest absolute Gasteiger partial charge is 0.243 e. The van der Waals surface area contributed by atoms with Crippen LogP contribution in [0.15, 0.2) is 95.4 Å². The molecular weight excluding hydrogens is 358 g/mol. The van der Waals surface area contributed by atoms with Crippen molar-refractivity contribution in [3.8, 4) is 5.75 Å². The topological polar surface area (TPSA) is 46.6 Å². The third-order valence-corrected chi connectivity index (χ3v) is 6.23. The van der Waals surface area contributed by atoms with Crippen molar-refractivity contribution in [3.05, 3.63) is 96.1 Å². The first-order chi connectivity index (χ1) is 13.0.